The van der Waals surface area contributed by atoms with Crippen molar-refractivity contribution in [2.45, 2.75) is 25.4 Å². The SMILES string of the molecule is CS(=O)(=O)N1C[C@H]2CC[C@@H](C1)N(C(=O)NCc1cccs1)C2. The average Bonchev–Trinajstić information content (AvgIpc) is 2.80. The van der Waals surface area contributed by atoms with Crippen molar-refractivity contribution < 1.29 is 13.2 Å². The number of hydrogen-bond acceptors (Lipinski definition) is 4. The van der Waals surface area contributed by atoms with Crippen LogP contribution < -0.4 is 5.32 Å². The molecule has 122 valence electrons. The van der Waals surface area contributed by atoms with Crippen molar-refractivity contribution in [3.8, 4) is 0 Å². The number of urea groups is 1. The molecule has 3 aliphatic heterocycles. The van der Waals surface area contributed by atoms with Gasteiger partial charge in [0.2, 0.25) is 10.0 Å². The maximum Gasteiger partial charge on any atom is 0.317 e. The largest absolute Gasteiger partial charge is 0.333 e. The number of amides is 2. The van der Waals surface area contributed by atoms with E-state index in [9.17, 15) is 13.2 Å². The molecule has 2 atom stereocenters. The van der Waals surface area contributed by atoms with Gasteiger partial charge in [-0.25, -0.2) is 13.2 Å². The average molecular weight is 343 g/mol. The van der Waals surface area contributed by atoms with Crippen molar-refractivity contribution >= 4 is 27.4 Å². The number of carbonyl (C=O) groups is 1. The molecule has 2 amide bonds. The molecule has 22 heavy (non-hydrogen) atoms. The van der Waals surface area contributed by atoms with Crippen molar-refractivity contribution in [1.29, 1.82) is 0 Å². The van der Waals surface area contributed by atoms with Crippen molar-refractivity contribution in [1.82, 2.24) is 14.5 Å². The highest BCUT2D eigenvalue weighted by atomic mass is 32.2. The van der Waals surface area contributed by atoms with E-state index < -0.39 is 10.0 Å². The number of thiophene rings is 1. The molecule has 0 aliphatic carbocycles. The molecule has 0 saturated carbocycles. The molecule has 0 unspecified atom stereocenters. The van der Waals surface area contributed by atoms with Crippen LogP contribution in [0.15, 0.2) is 17.5 Å². The Labute approximate surface area is 135 Å². The van der Waals surface area contributed by atoms with Gasteiger partial charge in [0.25, 0.3) is 0 Å². The molecule has 0 radical (unpaired) electrons. The number of hydrogen-bond donors (Lipinski definition) is 1. The van der Waals surface area contributed by atoms with E-state index in [2.05, 4.69) is 5.32 Å². The second kappa shape index (κ2) is 6.17. The third kappa shape index (κ3) is 3.44. The predicted molar refractivity (Wildman–Crippen MR) is 86.2 cm³/mol. The molecule has 0 spiro atoms. The minimum Gasteiger partial charge on any atom is -0.333 e. The summed E-state index contributed by atoms with van der Waals surface area (Å²) in [7, 11) is -3.20. The molecule has 4 rings (SSSR count). The van der Waals surface area contributed by atoms with Crippen LogP contribution >= 0.6 is 11.3 Å². The van der Waals surface area contributed by atoms with Gasteiger partial charge in [0, 0.05) is 30.6 Å². The van der Waals surface area contributed by atoms with Gasteiger partial charge in [-0.15, -0.1) is 11.3 Å². The first-order valence-corrected chi connectivity index (χ1v) is 10.2. The molecule has 4 heterocycles. The predicted octanol–water partition coefficient (Wildman–Crippen LogP) is 1.31. The lowest BCUT2D eigenvalue weighted by molar-refractivity contribution is 0.141. The number of nitrogens with one attached hydrogen (secondary N) is 1. The summed E-state index contributed by atoms with van der Waals surface area (Å²) in [6.45, 7) is 2.12. The first-order chi connectivity index (χ1) is 10.4. The molecule has 8 heteroatoms. The van der Waals surface area contributed by atoms with Crippen LogP contribution in [0.4, 0.5) is 4.79 Å². The zero-order chi connectivity index (χ0) is 15.7. The van der Waals surface area contributed by atoms with E-state index >= 15 is 0 Å². The fraction of sp³-hybridized carbons (Fsp3) is 0.643. The minimum absolute atomic E-state index is 0.0168. The molecule has 0 aromatic carbocycles. The number of sulfonamides is 1. The maximum absolute atomic E-state index is 12.4. The first kappa shape index (κ1) is 15.8. The number of carbonyl (C=O) groups excluding carboxylic acids is 1. The van der Waals surface area contributed by atoms with Crippen LogP contribution in [0.1, 0.15) is 17.7 Å². The Kier molecular flexibility index (Phi) is 4.42. The molecule has 2 bridgehead atoms. The van der Waals surface area contributed by atoms with Gasteiger partial charge in [-0.05, 0) is 30.2 Å². The molecule has 3 fully saturated rings. The minimum atomic E-state index is -3.20. The van der Waals surface area contributed by atoms with Crippen LogP contribution in [0.2, 0.25) is 0 Å². The van der Waals surface area contributed by atoms with Gasteiger partial charge in [0.15, 0.2) is 0 Å². The van der Waals surface area contributed by atoms with E-state index in [1.807, 2.05) is 22.4 Å². The standard InChI is InChI=1S/C14H21N3O3S2/c1-22(19,20)16-8-11-4-5-12(10-16)17(9-11)14(18)15-7-13-3-2-6-21-13/h2-3,6,11-12H,4-5,7-10H2,1H3,(H,15,18)/t11-,12+/m1/s1. The topological polar surface area (TPSA) is 69.7 Å². The summed E-state index contributed by atoms with van der Waals surface area (Å²) in [4.78, 5) is 15.4. The Bertz CT molecular complexity index is 630. The maximum atomic E-state index is 12.4. The lowest BCUT2D eigenvalue weighted by Crippen LogP contribution is -2.51. The summed E-state index contributed by atoms with van der Waals surface area (Å²) in [6, 6.07) is 3.85. The van der Waals surface area contributed by atoms with E-state index in [0.717, 1.165) is 17.7 Å². The number of nitrogens with zero attached hydrogens (tertiary/aromatic N) is 2. The Balaban J connectivity index is 1.66. The Hall–Kier alpha value is -1.12. The van der Waals surface area contributed by atoms with Crippen molar-refractivity contribution in [2.75, 3.05) is 25.9 Å². The van der Waals surface area contributed by atoms with Crippen LogP contribution in [0.5, 0.6) is 0 Å². The fourth-order valence-corrected chi connectivity index (χ4v) is 4.80. The monoisotopic (exact) mass is 343 g/mol. The summed E-state index contributed by atoms with van der Waals surface area (Å²) in [5, 5.41) is 4.94. The number of fused-ring (bicyclic) bond motifs is 4. The van der Waals surface area contributed by atoms with Gasteiger partial charge in [-0.1, -0.05) is 6.07 Å². The molecule has 1 N–H and O–H groups in total. The van der Waals surface area contributed by atoms with Gasteiger partial charge in [0.1, 0.15) is 0 Å². The highest BCUT2D eigenvalue weighted by Gasteiger charge is 2.39. The highest BCUT2D eigenvalue weighted by molar-refractivity contribution is 7.88. The van der Waals surface area contributed by atoms with Crippen molar-refractivity contribution in [3.63, 3.8) is 0 Å². The second-order valence-electron chi connectivity index (χ2n) is 6.07. The summed E-state index contributed by atoms with van der Waals surface area (Å²) in [5.74, 6) is 0.237. The van der Waals surface area contributed by atoms with Crippen LogP contribution in [0.3, 0.4) is 0 Å². The number of rotatable bonds is 3. The van der Waals surface area contributed by atoms with E-state index in [4.69, 9.17) is 0 Å². The zero-order valence-corrected chi connectivity index (χ0v) is 14.2. The number of piperidine rings is 1. The van der Waals surface area contributed by atoms with E-state index in [-0.39, 0.29) is 18.0 Å². The molecular weight excluding hydrogens is 322 g/mol. The molecule has 1 aromatic heterocycles. The summed E-state index contributed by atoms with van der Waals surface area (Å²) >= 11 is 1.61. The van der Waals surface area contributed by atoms with Gasteiger partial charge >= 0.3 is 6.03 Å². The van der Waals surface area contributed by atoms with Crippen LogP contribution in [-0.2, 0) is 16.6 Å². The van der Waals surface area contributed by atoms with E-state index in [0.29, 0.717) is 26.2 Å². The molecule has 6 nitrogen and oxygen atoms in total. The molecule has 1 aromatic rings. The molecular formula is C14H21N3O3S2. The quantitative estimate of drug-likeness (QED) is 0.900. The normalized spacial score (nSPS) is 26.0. The third-order valence-corrected chi connectivity index (χ3v) is 6.52. The van der Waals surface area contributed by atoms with Crippen LogP contribution in [0, 0.1) is 5.92 Å². The van der Waals surface area contributed by atoms with Gasteiger partial charge < -0.3 is 10.2 Å². The Morgan fingerprint density at radius 1 is 1.36 bits per heavy atom. The smallest absolute Gasteiger partial charge is 0.317 e. The summed E-state index contributed by atoms with van der Waals surface area (Å²) < 4.78 is 25.2. The fourth-order valence-electron chi connectivity index (χ4n) is 3.24. The first-order valence-electron chi connectivity index (χ1n) is 7.45. The van der Waals surface area contributed by atoms with Crippen molar-refractivity contribution in [2.24, 2.45) is 5.92 Å². The van der Waals surface area contributed by atoms with Gasteiger partial charge in [-0.2, -0.15) is 4.31 Å². The van der Waals surface area contributed by atoms with Gasteiger partial charge in [-0.3, -0.25) is 0 Å². The van der Waals surface area contributed by atoms with Crippen molar-refractivity contribution in [3.05, 3.63) is 22.4 Å². The summed E-state index contributed by atoms with van der Waals surface area (Å²) in [6.07, 6.45) is 3.12. The van der Waals surface area contributed by atoms with Gasteiger partial charge in [0.05, 0.1) is 12.8 Å². The lowest BCUT2D eigenvalue weighted by Gasteiger charge is -2.36. The summed E-state index contributed by atoms with van der Waals surface area (Å²) in [5.41, 5.74) is 0. The zero-order valence-electron chi connectivity index (χ0n) is 12.6. The highest BCUT2D eigenvalue weighted by Crippen LogP contribution is 2.29. The van der Waals surface area contributed by atoms with Crippen LogP contribution in [-0.4, -0.2) is 55.6 Å². The Morgan fingerprint density at radius 3 is 2.86 bits per heavy atom. The lowest BCUT2D eigenvalue weighted by atomic mass is 9.95. The Morgan fingerprint density at radius 2 is 2.18 bits per heavy atom. The van der Waals surface area contributed by atoms with E-state index in [1.54, 1.807) is 11.3 Å². The molecule has 3 saturated heterocycles. The molecule has 3 aliphatic rings. The van der Waals surface area contributed by atoms with Crippen LogP contribution in [0.25, 0.3) is 0 Å². The second-order valence-corrected chi connectivity index (χ2v) is 9.08. The third-order valence-electron chi connectivity index (χ3n) is 4.40. The van der Waals surface area contributed by atoms with E-state index in [1.165, 1.54) is 10.6 Å².